The minimum atomic E-state index is -0.336. The average Bonchev–Trinajstić information content (AvgIpc) is 2.89. The first-order chi connectivity index (χ1) is 12.5. The normalized spacial score (nSPS) is 15.7. The number of para-hydroxylation sites is 1. The molecule has 0 bridgehead atoms. The van der Waals surface area contributed by atoms with Crippen molar-refractivity contribution >= 4 is 34.7 Å². The molecule has 0 atom stereocenters. The van der Waals surface area contributed by atoms with Crippen molar-refractivity contribution in [3.63, 3.8) is 0 Å². The Hall–Kier alpha value is -2.73. The van der Waals surface area contributed by atoms with Crippen LogP contribution >= 0.6 is 11.8 Å². The molecular weight excluding hydrogens is 350 g/mol. The second-order valence-electron chi connectivity index (χ2n) is 5.89. The Balaban J connectivity index is 2.01. The van der Waals surface area contributed by atoms with Gasteiger partial charge in [-0.1, -0.05) is 29.8 Å². The van der Waals surface area contributed by atoms with Gasteiger partial charge in [0.25, 0.3) is 11.1 Å². The molecule has 26 heavy (non-hydrogen) atoms. The lowest BCUT2D eigenvalue weighted by Gasteiger charge is -2.15. The molecule has 5 nitrogen and oxygen atoms in total. The second-order valence-corrected chi connectivity index (χ2v) is 6.88. The van der Waals surface area contributed by atoms with E-state index in [1.54, 1.807) is 25.3 Å². The highest BCUT2D eigenvalue weighted by atomic mass is 32.2. The second kappa shape index (κ2) is 7.25. The molecule has 134 valence electrons. The van der Waals surface area contributed by atoms with Crippen LogP contribution in [0.5, 0.6) is 11.5 Å². The van der Waals surface area contributed by atoms with Crippen molar-refractivity contribution < 1.29 is 19.1 Å². The Morgan fingerprint density at radius 1 is 1.04 bits per heavy atom. The number of ether oxygens (including phenoxy) is 2. The summed E-state index contributed by atoms with van der Waals surface area (Å²) in [7, 11) is 3.09. The van der Waals surface area contributed by atoms with Crippen molar-refractivity contribution in [3.05, 3.63) is 58.0 Å². The Morgan fingerprint density at radius 2 is 1.81 bits per heavy atom. The van der Waals surface area contributed by atoms with Gasteiger partial charge in [-0.3, -0.25) is 9.59 Å². The molecule has 1 aliphatic rings. The molecular formula is C20H19NO4S. The van der Waals surface area contributed by atoms with E-state index in [2.05, 4.69) is 0 Å². The minimum absolute atomic E-state index is 0.310. The molecule has 0 saturated carbocycles. The van der Waals surface area contributed by atoms with Crippen molar-refractivity contribution in [3.8, 4) is 11.5 Å². The number of rotatable bonds is 4. The maximum Gasteiger partial charge on any atom is 0.298 e. The van der Waals surface area contributed by atoms with Crippen LogP contribution in [0.25, 0.3) is 6.08 Å². The summed E-state index contributed by atoms with van der Waals surface area (Å²) in [6.45, 7) is 3.86. The molecule has 1 fully saturated rings. The van der Waals surface area contributed by atoms with E-state index in [0.29, 0.717) is 27.7 Å². The van der Waals surface area contributed by atoms with Crippen LogP contribution in [0, 0.1) is 13.8 Å². The fourth-order valence-corrected chi connectivity index (χ4v) is 3.72. The summed E-state index contributed by atoms with van der Waals surface area (Å²) in [5.41, 5.74) is 3.25. The number of thioether (sulfide) groups is 1. The largest absolute Gasteiger partial charge is 0.493 e. The van der Waals surface area contributed by atoms with E-state index in [-0.39, 0.29) is 11.1 Å². The van der Waals surface area contributed by atoms with E-state index in [1.165, 1.54) is 12.0 Å². The topological polar surface area (TPSA) is 55.8 Å². The maximum atomic E-state index is 12.9. The molecule has 1 aliphatic heterocycles. The minimum Gasteiger partial charge on any atom is -0.493 e. The molecule has 0 aliphatic carbocycles. The molecule has 1 saturated heterocycles. The van der Waals surface area contributed by atoms with Gasteiger partial charge in [-0.2, -0.15) is 0 Å². The number of imide groups is 1. The van der Waals surface area contributed by atoms with Crippen LogP contribution in [0.15, 0.2) is 41.3 Å². The lowest BCUT2D eigenvalue weighted by molar-refractivity contribution is -0.113. The predicted molar refractivity (Wildman–Crippen MR) is 104 cm³/mol. The SMILES string of the molecule is COc1cccc(/C=C2\SC(=O)N(c3ccc(C)cc3C)C2=O)c1OC. The molecule has 0 unspecified atom stereocenters. The highest BCUT2D eigenvalue weighted by Crippen LogP contribution is 2.39. The summed E-state index contributed by atoms with van der Waals surface area (Å²) >= 11 is 0.919. The lowest BCUT2D eigenvalue weighted by Crippen LogP contribution is -2.28. The first-order valence-electron chi connectivity index (χ1n) is 8.02. The average molecular weight is 369 g/mol. The molecule has 0 radical (unpaired) electrons. The predicted octanol–water partition coefficient (Wildman–Crippen LogP) is 4.56. The van der Waals surface area contributed by atoms with Gasteiger partial charge < -0.3 is 9.47 Å². The van der Waals surface area contributed by atoms with Gasteiger partial charge in [-0.05, 0) is 49.4 Å². The van der Waals surface area contributed by atoms with E-state index in [4.69, 9.17) is 9.47 Å². The van der Waals surface area contributed by atoms with E-state index >= 15 is 0 Å². The van der Waals surface area contributed by atoms with E-state index in [1.807, 2.05) is 38.1 Å². The molecule has 2 amide bonds. The number of hydrogen-bond donors (Lipinski definition) is 0. The van der Waals surface area contributed by atoms with E-state index in [0.717, 1.165) is 22.9 Å². The monoisotopic (exact) mass is 369 g/mol. The molecule has 2 aromatic carbocycles. The van der Waals surface area contributed by atoms with Gasteiger partial charge in [-0.25, -0.2) is 4.90 Å². The number of nitrogens with zero attached hydrogens (tertiary/aromatic N) is 1. The van der Waals surface area contributed by atoms with Gasteiger partial charge in [0, 0.05) is 5.56 Å². The van der Waals surface area contributed by atoms with E-state index < -0.39 is 0 Å². The quantitative estimate of drug-likeness (QED) is 0.740. The molecule has 2 aromatic rings. The third kappa shape index (κ3) is 3.20. The molecule has 3 rings (SSSR count). The summed E-state index contributed by atoms with van der Waals surface area (Å²) in [4.78, 5) is 26.9. The van der Waals surface area contributed by atoms with Gasteiger partial charge in [0.2, 0.25) is 0 Å². The summed E-state index contributed by atoms with van der Waals surface area (Å²) in [6.07, 6.45) is 1.66. The third-order valence-corrected chi connectivity index (χ3v) is 4.98. The van der Waals surface area contributed by atoms with E-state index in [9.17, 15) is 9.59 Å². The molecule has 0 spiro atoms. The van der Waals surface area contributed by atoms with Gasteiger partial charge in [0.15, 0.2) is 11.5 Å². The number of aryl methyl sites for hydroxylation is 2. The highest BCUT2D eigenvalue weighted by Gasteiger charge is 2.37. The van der Waals surface area contributed by atoms with Gasteiger partial charge in [0.1, 0.15) is 0 Å². The number of methoxy groups -OCH3 is 2. The number of amides is 2. The van der Waals surface area contributed by atoms with Gasteiger partial charge in [-0.15, -0.1) is 0 Å². The number of carbonyl (C=O) groups is 2. The lowest BCUT2D eigenvalue weighted by atomic mass is 10.1. The van der Waals surface area contributed by atoms with Crippen LogP contribution in [-0.4, -0.2) is 25.4 Å². The van der Waals surface area contributed by atoms with Crippen LogP contribution in [-0.2, 0) is 4.79 Å². The number of benzene rings is 2. The van der Waals surface area contributed by atoms with Crippen molar-refractivity contribution in [1.82, 2.24) is 0 Å². The number of carbonyl (C=O) groups excluding carboxylic acids is 2. The standard InChI is InChI=1S/C20H19NO4S/c1-12-8-9-15(13(2)10-12)21-19(22)17(26-20(21)23)11-14-6-5-7-16(24-3)18(14)25-4/h5-11H,1-4H3/b17-11-. The van der Waals surface area contributed by atoms with Gasteiger partial charge >= 0.3 is 0 Å². The van der Waals surface area contributed by atoms with Gasteiger partial charge in [0.05, 0.1) is 24.8 Å². The van der Waals surface area contributed by atoms with Crippen LogP contribution in [0.1, 0.15) is 16.7 Å². The third-order valence-electron chi connectivity index (χ3n) is 4.11. The number of anilines is 1. The Morgan fingerprint density at radius 3 is 2.46 bits per heavy atom. The fourth-order valence-electron chi connectivity index (χ4n) is 2.90. The Bertz CT molecular complexity index is 920. The zero-order valence-electron chi connectivity index (χ0n) is 15.0. The Labute approximate surface area is 156 Å². The van der Waals surface area contributed by atoms with Crippen molar-refractivity contribution in [2.75, 3.05) is 19.1 Å². The first-order valence-corrected chi connectivity index (χ1v) is 8.84. The highest BCUT2D eigenvalue weighted by molar-refractivity contribution is 8.19. The smallest absolute Gasteiger partial charge is 0.298 e. The van der Waals surface area contributed by atoms with Crippen molar-refractivity contribution in [1.29, 1.82) is 0 Å². The van der Waals surface area contributed by atoms with Crippen LogP contribution < -0.4 is 14.4 Å². The van der Waals surface area contributed by atoms with Crippen LogP contribution in [0.4, 0.5) is 10.5 Å². The number of hydrogen-bond acceptors (Lipinski definition) is 5. The van der Waals surface area contributed by atoms with Crippen molar-refractivity contribution in [2.24, 2.45) is 0 Å². The Kier molecular flexibility index (Phi) is 5.04. The van der Waals surface area contributed by atoms with Crippen LogP contribution in [0.2, 0.25) is 0 Å². The molecule has 1 heterocycles. The fraction of sp³-hybridized carbons (Fsp3) is 0.200. The molecule has 0 N–H and O–H groups in total. The summed E-state index contributed by atoms with van der Waals surface area (Å²) in [6, 6.07) is 11.0. The summed E-state index contributed by atoms with van der Waals surface area (Å²) < 4.78 is 10.7. The summed E-state index contributed by atoms with van der Waals surface area (Å²) in [5.74, 6) is 0.750. The zero-order chi connectivity index (χ0) is 18.8. The maximum absolute atomic E-state index is 12.9. The summed E-state index contributed by atoms with van der Waals surface area (Å²) in [5, 5.41) is -0.310. The first kappa shape index (κ1) is 18.1. The van der Waals surface area contributed by atoms with Crippen molar-refractivity contribution in [2.45, 2.75) is 13.8 Å². The molecule has 6 heteroatoms. The zero-order valence-corrected chi connectivity index (χ0v) is 15.8. The molecule has 0 aromatic heterocycles. The van der Waals surface area contributed by atoms with Crippen LogP contribution in [0.3, 0.4) is 0 Å².